The zero-order valence-electron chi connectivity index (χ0n) is 7.52. The Morgan fingerprint density at radius 3 is 2.46 bits per heavy atom. The van der Waals surface area contributed by atoms with Crippen LogP contribution in [0, 0.1) is 5.92 Å². The summed E-state index contributed by atoms with van der Waals surface area (Å²) >= 11 is 0. The van der Waals surface area contributed by atoms with Gasteiger partial charge >= 0.3 is 11.9 Å². The van der Waals surface area contributed by atoms with Crippen molar-refractivity contribution < 1.29 is 24.8 Å². The number of carbonyl (C=O) groups excluding carboxylic acids is 1. The van der Waals surface area contributed by atoms with Crippen molar-refractivity contribution >= 4 is 11.9 Å². The first kappa shape index (κ1) is 11.9. The molecule has 76 valence electrons. The normalized spacial score (nSPS) is 12.2. The Kier molecular flexibility index (Phi) is 5.88. The number of hydrogen-bond acceptors (Lipinski definition) is 4. The maximum absolute atomic E-state index is 10.6. The summed E-state index contributed by atoms with van der Waals surface area (Å²) in [5, 5.41) is 16.6. The minimum Gasteiger partial charge on any atom is -0.481 e. The maximum Gasteiger partial charge on any atom is 0.342 e. The van der Waals surface area contributed by atoms with E-state index < -0.39 is 17.9 Å². The van der Waals surface area contributed by atoms with E-state index in [1.807, 2.05) is 6.92 Å². The lowest BCUT2D eigenvalue weighted by Crippen LogP contribution is -2.18. The summed E-state index contributed by atoms with van der Waals surface area (Å²) in [6, 6.07) is 0. The van der Waals surface area contributed by atoms with Gasteiger partial charge in [0.05, 0.1) is 12.3 Å². The van der Waals surface area contributed by atoms with Crippen LogP contribution >= 0.6 is 0 Å². The molecule has 5 heteroatoms. The van der Waals surface area contributed by atoms with Gasteiger partial charge in [0.1, 0.15) is 0 Å². The van der Waals surface area contributed by atoms with Crippen LogP contribution < -0.4 is 0 Å². The van der Waals surface area contributed by atoms with Gasteiger partial charge < -0.3 is 9.99 Å². The molecule has 5 nitrogen and oxygen atoms in total. The Hall–Kier alpha value is -1.10. The molecule has 13 heavy (non-hydrogen) atoms. The molecule has 0 amide bonds. The van der Waals surface area contributed by atoms with E-state index in [-0.39, 0.29) is 6.42 Å². The van der Waals surface area contributed by atoms with Crippen molar-refractivity contribution in [2.24, 2.45) is 5.92 Å². The van der Waals surface area contributed by atoms with Crippen LogP contribution in [0.5, 0.6) is 0 Å². The fourth-order valence-corrected chi connectivity index (χ4v) is 1.00. The van der Waals surface area contributed by atoms with Crippen LogP contribution in [0.15, 0.2) is 0 Å². The molecule has 0 heterocycles. The van der Waals surface area contributed by atoms with E-state index in [0.29, 0.717) is 6.42 Å². The molecule has 1 unspecified atom stereocenters. The van der Waals surface area contributed by atoms with E-state index in [0.717, 1.165) is 12.8 Å². The Labute approximate surface area is 76.2 Å². The number of aliphatic carboxylic acids is 1. The third kappa shape index (κ3) is 5.19. The summed E-state index contributed by atoms with van der Waals surface area (Å²) in [7, 11) is 0. The van der Waals surface area contributed by atoms with E-state index in [4.69, 9.17) is 10.4 Å². The third-order valence-corrected chi connectivity index (χ3v) is 1.77. The minimum absolute atomic E-state index is 0.272. The molecular weight excluding hydrogens is 176 g/mol. The molecule has 0 fully saturated rings. The number of carboxylic acids is 1. The van der Waals surface area contributed by atoms with Crippen LogP contribution in [0.2, 0.25) is 0 Å². The molecule has 2 N–H and O–H groups in total. The van der Waals surface area contributed by atoms with Crippen LogP contribution in [0.1, 0.15) is 32.6 Å². The van der Waals surface area contributed by atoms with Gasteiger partial charge in [-0.2, -0.15) is 5.26 Å². The van der Waals surface area contributed by atoms with Crippen LogP contribution in [0.4, 0.5) is 0 Å². The first-order valence-corrected chi connectivity index (χ1v) is 4.18. The Morgan fingerprint density at radius 1 is 1.46 bits per heavy atom. The molecule has 0 aliphatic heterocycles. The monoisotopic (exact) mass is 190 g/mol. The van der Waals surface area contributed by atoms with Gasteiger partial charge in [-0.15, -0.1) is 0 Å². The van der Waals surface area contributed by atoms with Crippen LogP contribution in [-0.4, -0.2) is 22.3 Å². The summed E-state index contributed by atoms with van der Waals surface area (Å²) in [4.78, 5) is 24.5. The molecule has 0 aromatic rings. The summed E-state index contributed by atoms with van der Waals surface area (Å²) in [5.41, 5.74) is 0. The van der Waals surface area contributed by atoms with Crippen molar-refractivity contribution in [3.05, 3.63) is 0 Å². The summed E-state index contributed by atoms with van der Waals surface area (Å²) in [5.74, 6) is -2.68. The average Bonchev–Trinajstić information content (AvgIpc) is 2.11. The Bertz CT molecular complexity index is 177. The number of hydrogen-bond donors (Lipinski definition) is 2. The number of unbranched alkanes of at least 4 members (excludes halogenated alkanes) is 1. The quantitative estimate of drug-likeness (QED) is 0.487. The molecule has 0 rings (SSSR count). The predicted molar refractivity (Wildman–Crippen MR) is 44.0 cm³/mol. The smallest absolute Gasteiger partial charge is 0.342 e. The van der Waals surface area contributed by atoms with Crippen molar-refractivity contribution in [1.82, 2.24) is 0 Å². The molecule has 0 aliphatic carbocycles. The van der Waals surface area contributed by atoms with Gasteiger partial charge in [-0.05, 0) is 6.42 Å². The van der Waals surface area contributed by atoms with Crippen molar-refractivity contribution in [3.8, 4) is 0 Å². The van der Waals surface area contributed by atoms with Crippen LogP contribution in [-0.2, 0) is 14.5 Å². The molecule has 0 aliphatic rings. The molecule has 0 aromatic carbocycles. The zero-order valence-corrected chi connectivity index (χ0v) is 7.52. The first-order chi connectivity index (χ1) is 6.11. The summed E-state index contributed by atoms with van der Waals surface area (Å²) in [6.45, 7) is 1.93. The van der Waals surface area contributed by atoms with E-state index in [2.05, 4.69) is 4.89 Å². The molecule has 0 saturated carbocycles. The molecule has 1 atom stereocenters. The highest BCUT2D eigenvalue weighted by atomic mass is 17.1. The number of carbonyl (C=O) groups is 2. The fourth-order valence-electron chi connectivity index (χ4n) is 1.00. The average molecular weight is 190 g/mol. The van der Waals surface area contributed by atoms with Gasteiger partial charge in [0.2, 0.25) is 0 Å². The van der Waals surface area contributed by atoms with Crippen molar-refractivity contribution in [2.75, 3.05) is 0 Å². The SMILES string of the molecule is CCCCC(CC(=O)OO)C(=O)O. The highest BCUT2D eigenvalue weighted by molar-refractivity contribution is 5.78. The molecule has 0 saturated heterocycles. The lowest BCUT2D eigenvalue weighted by atomic mass is 9.99. The molecule has 0 aromatic heterocycles. The number of carboxylic acid groups (broad SMARTS) is 1. The second-order valence-corrected chi connectivity index (χ2v) is 2.84. The predicted octanol–water partition coefficient (Wildman–Crippen LogP) is 1.28. The highest BCUT2D eigenvalue weighted by Crippen LogP contribution is 2.13. The van der Waals surface area contributed by atoms with Gasteiger partial charge in [-0.3, -0.25) is 4.79 Å². The first-order valence-electron chi connectivity index (χ1n) is 4.18. The zero-order chi connectivity index (χ0) is 10.3. The van der Waals surface area contributed by atoms with E-state index in [9.17, 15) is 9.59 Å². The van der Waals surface area contributed by atoms with Crippen LogP contribution in [0.3, 0.4) is 0 Å². The van der Waals surface area contributed by atoms with Gasteiger partial charge in [0.25, 0.3) is 0 Å². The van der Waals surface area contributed by atoms with Crippen molar-refractivity contribution in [1.29, 1.82) is 0 Å². The lowest BCUT2D eigenvalue weighted by Gasteiger charge is -2.08. The van der Waals surface area contributed by atoms with E-state index in [1.54, 1.807) is 0 Å². The topological polar surface area (TPSA) is 83.8 Å². The van der Waals surface area contributed by atoms with Crippen molar-refractivity contribution in [2.45, 2.75) is 32.6 Å². The van der Waals surface area contributed by atoms with E-state index in [1.165, 1.54) is 0 Å². The fraction of sp³-hybridized carbons (Fsp3) is 0.750. The number of rotatable bonds is 6. The highest BCUT2D eigenvalue weighted by Gasteiger charge is 2.21. The van der Waals surface area contributed by atoms with E-state index >= 15 is 0 Å². The third-order valence-electron chi connectivity index (χ3n) is 1.77. The molecular formula is C8H14O5. The van der Waals surface area contributed by atoms with Crippen LogP contribution in [0.25, 0.3) is 0 Å². The second kappa shape index (κ2) is 6.42. The Morgan fingerprint density at radius 2 is 2.08 bits per heavy atom. The van der Waals surface area contributed by atoms with Gasteiger partial charge in [0.15, 0.2) is 0 Å². The molecule has 0 bridgehead atoms. The van der Waals surface area contributed by atoms with Gasteiger partial charge in [-0.1, -0.05) is 19.8 Å². The Balaban J connectivity index is 3.94. The second-order valence-electron chi connectivity index (χ2n) is 2.84. The standard InChI is InChI=1S/C8H14O5/c1-2-3-4-6(8(10)11)5-7(9)13-12/h6,12H,2-5H2,1H3,(H,10,11). The summed E-state index contributed by atoms with van der Waals surface area (Å²) in [6.07, 6.45) is 1.78. The van der Waals surface area contributed by atoms with Gasteiger partial charge in [0, 0.05) is 0 Å². The molecule has 0 radical (unpaired) electrons. The largest absolute Gasteiger partial charge is 0.481 e. The maximum atomic E-state index is 10.6. The summed E-state index contributed by atoms with van der Waals surface area (Å²) < 4.78 is 0. The van der Waals surface area contributed by atoms with Crippen molar-refractivity contribution in [3.63, 3.8) is 0 Å². The van der Waals surface area contributed by atoms with Gasteiger partial charge in [-0.25, -0.2) is 4.79 Å². The lowest BCUT2D eigenvalue weighted by molar-refractivity contribution is -0.235. The molecule has 0 spiro atoms. The minimum atomic E-state index is -1.03.